The Morgan fingerprint density at radius 2 is 1.88 bits per heavy atom. The van der Waals surface area contributed by atoms with Crippen molar-refractivity contribution >= 4 is 5.69 Å². The van der Waals surface area contributed by atoms with E-state index < -0.39 is 6.10 Å². The highest BCUT2D eigenvalue weighted by molar-refractivity contribution is 5.49. The summed E-state index contributed by atoms with van der Waals surface area (Å²) in [4.78, 5) is 1.97. The molecule has 0 saturated heterocycles. The van der Waals surface area contributed by atoms with Crippen LogP contribution in [0, 0.1) is 5.82 Å². The van der Waals surface area contributed by atoms with Gasteiger partial charge in [0.25, 0.3) is 0 Å². The van der Waals surface area contributed by atoms with Crippen LogP contribution in [0.2, 0.25) is 0 Å². The van der Waals surface area contributed by atoms with Gasteiger partial charge in [0.2, 0.25) is 0 Å². The summed E-state index contributed by atoms with van der Waals surface area (Å²) < 4.78 is 13.9. The van der Waals surface area contributed by atoms with Gasteiger partial charge >= 0.3 is 0 Å². The molecule has 0 saturated carbocycles. The molecule has 0 fully saturated rings. The minimum Gasteiger partial charge on any atom is -0.389 e. The highest BCUT2D eigenvalue weighted by Gasteiger charge is 2.15. The van der Waals surface area contributed by atoms with Crippen LogP contribution in [0.25, 0.3) is 0 Å². The molecule has 96 valence electrons. The number of anilines is 1. The van der Waals surface area contributed by atoms with Crippen molar-refractivity contribution in [3.8, 4) is 0 Å². The Labute approximate surface area is 103 Å². The Balaban J connectivity index is 2.99. The molecule has 0 amide bonds. The Morgan fingerprint density at radius 3 is 2.29 bits per heavy atom. The minimum atomic E-state index is -0.628. The molecule has 0 aliphatic rings. The van der Waals surface area contributed by atoms with Crippen LogP contribution in [0.3, 0.4) is 0 Å². The van der Waals surface area contributed by atoms with E-state index in [2.05, 4.69) is 13.8 Å². The quantitative estimate of drug-likeness (QED) is 0.850. The van der Waals surface area contributed by atoms with Crippen LogP contribution in [0.1, 0.15) is 45.3 Å². The molecule has 1 aromatic rings. The molecule has 1 aromatic carbocycles. The van der Waals surface area contributed by atoms with Crippen LogP contribution in [0.15, 0.2) is 18.2 Å². The highest BCUT2D eigenvalue weighted by atomic mass is 19.1. The standard InChI is InChI=1S/C14H22FNO/c1-5-12(6-2)16(4)14-8-7-11(10(3)17)9-13(14)15/h7-10,12,17H,5-6H2,1-4H3/t10-/m0/s1. The molecular formula is C14H22FNO. The van der Waals surface area contributed by atoms with Gasteiger partial charge < -0.3 is 10.0 Å². The maximum absolute atomic E-state index is 13.9. The molecule has 17 heavy (non-hydrogen) atoms. The number of benzene rings is 1. The minimum absolute atomic E-state index is 0.266. The lowest BCUT2D eigenvalue weighted by Crippen LogP contribution is -2.31. The molecule has 0 unspecified atom stereocenters. The lowest BCUT2D eigenvalue weighted by molar-refractivity contribution is 0.199. The fraction of sp³-hybridized carbons (Fsp3) is 0.571. The van der Waals surface area contributed by atoms with Crippen molar-refractivity contribution in [1.29, 1.82) is 0 Å². The van der Waals surface area contributed by atoms with Crippen LogP contribution in [-0.2, 0) is 0 Å². The van der Waals surface area contributed by atoms with E-state index in [-0.39, 0.29) is 5.82 Å². The van der Waals surface area contributed by atoms with Gasteiger partial charge in [0.15, 0.2) is 0 Å². The molecule has 0 bridgehead atoms. The molecule has 1 N–H and O–H groups in total. The van der Waals surface area contributed by atoms with E-state index in [4.69, 9.17) is 0 Å². The number of aliphatic hydroxyl groups excluding tert-OH is 1. The third-order valence-electron chi connectivity index (χ3n) is 3.32. The molecule has 0 aliphatic heterocycles. The molecule has 2 nitrogen and oxygen atoms in total. The first-order valence-corrected chi connectivity index (χ1v) is 6.21. The van der Waals surface area contributed by atoms with Gasteiger partial charge in [-0.1, -0.05) is 19.9 Å². The summed E-state index contributed by atoms with van der Waals surface area (Å²) in [5, 5.41) is 9.40. The van der Waals surface area contributed by atoms with E-state index >= 15 is 0 Å². The molecule has 0 aromatic heterocycles. The average Bonchev–Trinajstić information content (AvgIpc) is 2.30. The van der Waals surface area contributed by atoms with Gasteiger partial charge in [-0.15, -0.1) is 0 Å². The summed E-state index contributed by atoms with van der Waals surface area (Å²) in [5.41, 5.74) is 1.22. The molecule has 1 atom stereocenters. The number of halogens is 1. The van der Waals surface area contributed by atoms with Crippen molar-refractivity contribution in [3.63, 3.8) is 0 Å². The zero-order valence-electron chi connectivity index (χ0n) is 11.1. The fourth-order valence-electron chi connectivity index (χ4n) is 2.10. The van der Waals surface area contributed by atoms with E-state index in [1.54, 1.807) is 19.1 Å². The number of aliphatic hydroxyl groups is 1. The van der Waals surface area contributed by atoms with Crippen molar-refractivity contribution in [1.82, 2.24) is 0 Å². The normalized spacial score (nSPS) is 12.9. The SMILES string of the molecule is CCC(CC)N(C)c1ccc([C@H](C)O)cc1F. The molecule has 0 heterocycles. The Hall–Kier alpha value is -1.09. The predicted octanol–water partition coefficient (Wildman–Crippen LogP) is 3.50. The predicted molar refractivity (Wildman–Crippen MR) is 69.8 cm³/mol. The zero-order valence-corrected chi connectivity index (χ0v) is 11.1. The molecule has 1 rings (SSSR count). The van der Waals surface area contributed by atoms with Crippen LogP contribution in [0.4, 0.5) is 10.1 Å². The monoisotopic (exact) mass is 239 g/mol. The second-order valence-electron chi connectivity index (χ2n) is 4.47. The van der Waals surface area contributed by atoms with Crippen molar-refractivity contribution in [3.05, 3.63) is 29.6 Å². The van der Waals surface area contributed by atoms with E-state index in [9.17, 15) is 9.50 Å². The fourth-order valence-corrected chi connectivity index (χ4v) is 2.10. The first-order valence-electron chi connectivity index (χ1n) is 6.21. The van der Waals surface area contributed by atoms with E-state index in [0.717, 1.165) is 12.8 Å². The van der Waals surface area contributed by atoms with Crippen molar-refractivity contribution in [2.75, 3.05) is 11.9 Å². The van der Waals surface area contributed by atoms with E-state index in [0.29, 0.717) is 17.3 Å². The molecule has 0 spiro atoms. The summed E-state index contributed by atoms with van der Waals surface area (Å²) in [7, 11) is 1.91. The zero-order chi connectivity index (χ0) is 13.0. The Kier molecular flexibility index (Phi) is 4.94. The summed E-state index contributed by atoms with van der Waals surface area (Å²) >= 11 is 0. The van der Waals surface area contributed by atoms with Gasteiger partial charge in [0.1, 0.15) is 5.82 Å². The van der Waals surface area contributed by atoms with E-state index in [1.807, 2.05) is 11.9 Å². The van der Waals surface area contributed by atoms with Crippen LogP contribution in [0.5, 0.6) is 0 Å². The first-order chi connectivity index (χ1) is 8.01. The average molecular weight is 239 g/mol. The second kappa shape index (κ2) is 6.01. The maximum atomic E-state index is 13.9. The van der Waals surface area contributed by atoms with Crippen molar-refractivity contribution in [2.24, 2.45) is 0 Å². The van der Waals surface area contributed by atoms with E-state index in [1.165, 1.54) is 6.07 Å². The third kappa shape index (κ3) is 3.19. The second-order valence-corrected chi connectivity index (χ2v) is 4.47. The molecule has 3 heteroatoms. The van der Waals surface area contributed by atoms with Gasteiger partial charge in [-0.05, 0) is 37.5 Å². The summed E-state index contributed by atoms with van der Waals surface area (Å²) in [6, 6.07) is 5.29. The molecule has 0 aliphatic carbocycles. The van der Waals surface area contributed by atoms with Crippen LogP contribution in [-0.4, -0.2) is 18.2 Å². The molecule has 0 radical (unpaired) electrons. The van der Waals surface area contributed by atoms with Crippen molar-refractivity contribution < 1.29 is 9.50 Å². The summed E-state index contributed by atoms with van der Waals surface area (Å²) in [5.74, 6) is -0.266. The highest BCUT2D eigenvalue weighted by Crippen LogP contribution is 2.25. The molecular weight excluding hydrogens is 217 g/mol. The number of hydrogen-bond acceptors (Lipinski definition) is 2. The topological polar surface area (TPSA) is 23.5 Å². The largest absolute Gasteiger partial charge is 0.389 e. The number of hydrogen-bond donors (Lipinski definition) is 1. The van der Waals surface area contributed by atoms with Crippen LogP contribution < -0.4 is 4.90 Å². The van der Waals surface area contributed by atoms with Crippen molar-refractivity contribution in [2.45, 2.75) is 45.8 Å². The Morgan fingerprint density at radius 1 is 1.29 bits per heavy atom. The summed E-state index contributed by atoms with van der Waals surface area (Å²) in [6.45, 7) is 5.85. The van der Waals surface area contributed by atoms with Gasteiger partial charge in [-0.2, -0.15) is 0 Å². The Bertz CT molecular complexity index is 361. The third-order valence-corrected chi connectivity index (χ3v) is 3.32. The summed E-state index contributed by atoms with van der Waals surface area (Å²) in [6.07, 6.45) is 1.35. The lowest BCUT2D eigenvalue weighted by Gasteiger charge is -2.29. The maximum Gasteiger partial charge on any atom is 0.146 e. The lowest BCUT2D eigenvalue weighted by atomic mass is 10.1. The number of rotatable bonds is 5. The van der Waals surface area contributed by atoms with Gasteiger partial charge in [-0.25, -0.2) is 4.39 Å². The smallest absolute Gasteiger partial charge is 0.146 e. The van der Waals surface area contributed by atoms with Gasteiger partial charge in [0, 0.05) is 13.1 Å². The van der Waals surface area contributed by atoms with Crippen LogP contribution >= 0.6 is 0 Å². The van der Waals surface area contributed by atoms with Gasteiger partial charge in [0.05, 0.1) is 11.8 Å². The number of nitrogens with zero attached hydrogens (tertiary/aromatic N) is 1. The first kappa shape index (κ1) is 14.0. The van der Waals surface area contributed by atoms with Gasteiger partial charge in [-0.3, -0.25) is 0 Å².